The summed E-state index contributed by atoms with van der Waals surface area (Å²) in [6, 6.07) is 13.3. The number of unbranched alkanes of at least 4 members (excludes halogenated alkanes) is 1. The molecule has 3 aromatic carbocycles. The zero-order valence-electron chi connectivity index (χ0n) is 43.3. The zero-order valence-corrected chi connectivity index (χ0v) is 43.3. The van der Waals surface area contributed by atoms with Crippen LogP contribution in [0.2, 0.25) is 0 Å². The van der Waals surface area contributed by atoms with E-state index in [1.54, 1.807) is 37.8 Å². The number of hydrogen-bond donors (Lipinski definition) is 11. The van der Waals surface area contributed by atoms with Crippen LogP contribution < -0.4 is 26.6 Å². The third kappa shape index (κ3) is 23.0. The topological polar surface area (TPSA) is 382 Å². The van der Waals surface area contributed by atoms with Crippen molar-refractivity contribution in [2.45, 2.75) is 76.0 Å². The molecule has 3 aromatic rings. The molecule has 26 heteroatoms. The van der Waals surface area contributed by atoms with Crippen molar-refractivity contribution in [3.8, 4) is 0 Å². The minimum absolute atomic E-state index is 0.00685. The number of rotatable bonds is 29. The Labute approximate surface area is 449 Å². The molecule has 1 fully saturated rings. The Hall–Kier alpha value is -8.07. The number of carboxylic acid groups (broad SMARTS) is 6. The number of carboxylic acids is 6. The number of benzene rings is 3. The lowest BCUT2D eigenvalue weighted by Gasteiger charge is -2.33. The number of urea groups is 1. The lowest BCUT2D eigenvalue weighted by atomic mass is 9.99. The van der Waals surface area contributed by atoms with Crippen molar-refractivity contribution in [3.63, 3.8) is 0 Å². The number of ketones is 1. The highest BCUT2D eigenvalue weighted by molar-refractivity contribution is 6.35. The van der Waals surface area contributed by atoms with Crippen molar-refractivity contribution in [1.29, 1.82) is 0 Å². The molecule has 1 aliphatic heterocycles. The Morgan fingerprint density at radius 3 is 1.49 bits per heavy atom. The van der Waals surface area contributed by atoms with Crippen molar-refractivity contribution in [2.24, 2.45) is 0 Å². The van der Waals surface area contributed by atoms with Gasteiger partial charge in [0.2, 0.25) is 17.7 Å². The molecule has 424 valence electrons. The van der Waals surface area contributed by atoms with Crippen LogP contribution in [0.1, 0.15) is 48.8 Å². The fraction of sp³-hybridized carbons (Fsp3) is 0.481. The van der Waals surface area contributed by atoms with Gasteiger partial charge in [0.15, 0.2) is 0 Å². The number of hydrogen-bond acceptors (Lipinski definition) is 15. The molecule has 11 N–H and O–H groups in total. The molecule has 26 nitrogen and oxygen atoms in total. The van der Waals surface area contributed by atoms with Crippen LogP contribution in [0.25, 0.3) is 10.8 Å². The van der Waals surface area contributed by atoms with Crippen LogP contribution in [0, 0.1) is 6.92 Å². The lowest BCUT2D eigenvalue weighted by Crippen LogP contribution is -2.56. The van der Waals surface area contributed by atoms with Gasteiger partial charge in [0.25, 0.3) is 5.78 Å². The fourth-order valence-electron chi connectivity index (χ4n) is 8.59. The molecule has 5 amide bonds. The predicted octanol–water partition coefficient (Wildman–Crippen LogP) is -0.696. The number of carbonyl (C=O) groups is 11. The van der Waals surface area contributed by atoms with E-state index in [1.165, 1.54) is 0 Å². The van der Waals surface area contributed by atoms with Gasteiger partial charge in [-0.2, -0.15) is 0 Å². The monoisotopic (exact) mass is 1090 g/mol. The average molecular weight is 1090 g/mol. The fourth-order valence-corrected chi connectivity index (χ4v) is 8.59. The number of Topliss-reactive ketones (excluding diaryl/α,β-unsaturated/α-hetero) is 1. The van der Waals surface area contributed by atoms with Crippen LogP contribution >= 0.6 is 0 Å². The molecular formula is C52H69N9O17. The quantitative estimate of drug-likeness (QED) is 0.0303. The molecular weight excluding hydrogens is 1020 g/mol. The molecule has 4 rings (SSSR count). The summed E-state index contributed by atoms with van der Waals surface area (Å²) in [5, 5.41) is 71.1. The van der Waals surface area contributed by atoms with Gasteiger partial charge in [0.1, 0.15) is 24.2 Å². The summed E-state index contributed by atoms with van der Waals surface area (Å²) in [6.07, 6.45) is -1.15. The second kappa shape index (κ2) is 31.9. The van der Waals surface area contributed by atoms with Gasteiger partial charge < -0.3 is 57.2 Å². The van der Waals surface area contributed by atoms with Gasteiger partial charge in [0.05, 0.1) is 26.2 Å². The Kier molecular flexibility index (Phi) is 25.5. The predicted molar refractivity (Wildman–Crippen MR) is 278 cm³/mol. The molecule has 78 heavy (non-hydrogen) atoms. The number of aliphatic carboxylic acids is 6. The van der Waals surface area contributed by atoms with Crippen LogP contribution in [0.5, 0.6) is 0 Å². The molecule has 0 unspecified atom stereocenters. The molecule has 4 atom stereocenters. The number of aryl methyl sites for hydroxylation is 1. The van der Waals surface area contributed by atoms with E-state index in [4.69, 9.17) is 10.2 Å². The summed E-state index contributed by atoms with van der Waals surface area (Å²) in [4.78, 5) is 144. The minimum atomic E-state index is -1.93. The molecule has 1 aliphatic rings. The molecule has 0 radical (unpaired) electrons. The summed E-state index contributed by atoms with van der Waals surface area (Å²) in [6.45, 7) is 1.72. The number of amides is 5. The summed E-state index contributed by atoms with van der Waals surface area (Å²) in [7, 11) is 0. The van der Waals surface area contributed by atoms with Gasteiger partial charge in [-0.25, -0.2) is 14.4 Å². The molecule has 1 heterocycles. The molecule has 0 spiro atoms. The summed E-state index contributed by atoms with van der Waals surface area (Å²) >= 11 is 0. The van der Waals surface area contributed by atoms with Crippen LogP contribution in [0.3, 0.4) is 0 Å². The van der Waals surface area contributed by atoms with E-state index < -0.39 is 102 Å². The maximum absolute atomic E-state index is 14.6. The van der Waals surface area contributed by atoms with Gasteiger partial charge in [-0.3, -0.25) is 58.0 Å². The maximum atomic E-state index is 14.6. The Morgan fingerprint density at radius 1 is 0.487 bits per heavy atom. The van der Waals surface area contributed by atoms with Crippen LogP contribution in [0.4, 0.5) is 4.79 Å². The average Bonchev–Trinajstić information content (AvgIpc) is 3.37. The Bertz CT molecular complexity index is 2570. The van der Waals surface area contributed by atoms with E-state index in [9.17, 15) is 73.2 Å². The van der Waals surface area contributed by atoms with Gasteiger partial charge >= 0.3 is 41.8 Å². The third-order valence-corrected chi connectivity index (χ3v) is 12.8. The largest absolute Gasteiger partial charge is 0.481 e. The highest BCUT2D eigenvalue weighted by Crippen LogP contribution is 2.18. The first kappa shape index (κ1) is 62.5. The van der Waals surface area contributed by atoms with Crippen molar-refractivity contribution in [3.05, 3.63) is 83.4 Å². The minimum Gasteiger partial charge on any atom is -0.481 e. The number of nitrogens with zero attached hydrogens (tertiary/aromatic N) is 4. The first-order valence-electron chi connectivity index (χ1n) is 25.3. The van der Waals surface area contributed by atoms with Crippen molar-refractivity contribution in [1.82, 2.24) is 46.2 Å². The van der Waals surface area contributed by atoms with E-state index >= 15 is 0 Å². The summed E-state index contributed by atoms with van der Waals surface area (Å²) in [5.74, 6) is -11.5. The maximum Gasteiger partial charge on any atom is 0.374 e. The first-order chi connectivity index (χ1) is 37.0. The normalized spacial score (nSPS) is 15.7. The Morgan fingerprint density at radius 2 is 0.974 bits per heavy atom. The molecule has 0 aliphatic carbocycles. The van der Waals surface area contributed by atoms with Gasteiger partial charge in [0, 0.05) is 78.2 Å². The highest BCUT2D eigenvalue weighted by atomic mass is 16.4. The summed E-state index contributed by atoms with van der Waals surface area (Å²) in [5.41, 5.74) is 2.28. The first-order valence-corrected chi connectivity index (χ1v) is 25.3. The van der Waals surface area contributed by atoms with Gasteiger partial charge in [-0.1, -0.05) is 72.3 Å². The Balaban J connectivity index is 1.52. The second-order valence-electron chi connectivity index (χ2n) is 19.0. The van der Waals surface area contributed by atoms with E-state index in [0.717, 1.165) is 16.3 Å². The smallest absolute Gasteiger partial charge is 0.374 e. The zero-order chi connectivity index (χ0) is 57.3. The molecule has 0 bridgehead atoms. The molecule has 0 aromatic heterocycles. The second-order valence-corrected chi connectivity index (χ2v) is 19.0. The SMILES string of the molecule is Cc1ccc(C[C@H](NC(=O)CN2CCN(CC(=O)O)CCN(CC(=O)O)CCN(CC(=O)O)CC2)C(=O)N[C@@H](Cc2ccc3ccccc3c2)C(=O)NCCCC[C@H](NC(=O)N[C@@H](CCC(=O)O)C(=O)C(=O)O)C(=O)O)cc1. The van der Waals surface area contributed by atoms with Gasteiger partial charge in [-0.05, 0) is 54.5 Å². The standard InChI is InChI=1S/C52H69N9O17/c1-33-9-11-34(12-10-33)27-41(54-42(62)29-58-18-20-59(30-44(65)66)22-24-61(32-46(69)70)25-23-60(21-19-58)31-45(67)68)49(73)55-40(28-35-13-14-36-6-2-3-7-37(36)26-35)48(72)53-17-5-4-8-39(50(74)75)57-52(78)56-38(15-16-43(63)64)47(71)51(76)77/h2-3,6-7,9-14,26,38-41H,4-5,8,15-25,27-32H2,1H3,(H,53,72)(H,54,62)(H,55,73)(H,63,64)(H,65,66)(H,67,68)(H,69,70)(H,74,75)(H,76,77)(H2,56,57,78)/t38-,39-,40-,41-/m0/s1. The van der Waals surface area contributed by atoms with E-state index in [0.29, 0.717) is 11.1 Å². The van der Waals surface area contributed by atoms with E-state index in [1.807, 2.05) is 60.8 Å². The lowest BCUT2D eigenvalue weighted by molar-refractivity contribution is -0.150. The van der Waals surface area contributed by atoms with Crippen molar-refractivity contribution in [2.75, 3.05) is 85.1 Å². The van der Waals surface area contributed by atoms with Gasteiger partial charge in [-0.15, -0.1) is 0 Å². The number of fused-ring (bicyclic) bond motifs is 1. The number of carbonyl (C=O) groups excluding carboxylic acids is 5. The molecule has 0 saturated carbocycles. The van der Waals surface area contributed by atoms with E-state index in [-0.39, 0.29) is 117 Å². The molecule has 1 saturated heterocycles. The van der Waals surface area contributed by atoms with Crippen molar-refractivity contribution >= 4 is 76.1 Å². The van der Waals surface area contributed by atoms with Crippen LogP contribution in [0.15, 0.2) is 66.7 Å². The van der Waals surface area contributed by atoms with Crippen LogP contribution in [-0.4, -0.2) is 225 Å². The van der Waals surface area contributed by atoms with E-state index in [2.05, 4.69) is 21.3 Å². The van der Waals surface area contributed by atoms with Crippen molar-refractivity contribution < 1.29 is 83.4 Å². The highest BCUT2D eigenvalue weighted by Gasteiger charge is 2.31. The third-order valence-electron chi connectivity index (χ3n) is 12.8. The summed E-state index contributed by atoms with van der Waals surface area (Å²) < 4.78 is 0. The van der Waals surface area contributed by atoms with Crippen LogP contribution in [-0.2, 0) is 60.8 Å². The number of nitrogens with one attached hydrogen (secondary N) is 5.